The van der Waals surface area contributed by atoms with E-state index in [9.17, 15) is 0 Å². The summed E-state index contributed by atoms with van der Waals surface area (Å²) in [7, 11) is 0. The monoisotopic (exact) mass is 230 g/mol. The van der Waals surface area contributed by atoms with Crippen molar-refractivity contribution in [3.8, 4) is 0 Å². The molecule has 0 N–H and O–H groups in total. The summed E-state index contributed by atoms with van der Waals surface area (Å²) in [5, 5.41) is 0. The molecule has 0 aromatic carbocycles. The second-order valence-electron chi connectivity index (χ2n) is 0. The van der Waals surface area contributed by atoms with E-state index in [0.717, 1.165) is 0 Å². The molecule has 0 amide bonds. The van der Waals surface area contributed by atoms with Crippen molar-refractivity contribution < 1.29 is 35.6 Å². The summed E-state index contributed by atoms with van der Waals surface area (Å²) < 4.78 is 0. The van der Waals surface area contributed by atoms with E-state index in [0.29, 0.717) is 0 Å². The second-order valence-corrected chi connectivity index (χ2v) is 0. The van der Waals surface area contributed by atoms with Gasteiger partial charge < -0.3 is 0 Å². The van der Waals surface area contributed by atoms with Gasteiger partial charge in [-0.25, -0.2) is 0 Å². The summed E-state index contributed by atoms with van der Waals surface area (Å²) in [5.74, 6) is 0. The van der Waals surface area contributed by atoms with Crippen molar-refractivity contribution in [2.75, 3.05) is 0 Å². The Morgan fingerprint density at radius 2 is 1.00 bits per heavy atom. The Labute approximate surface area is 65.8 Å². The minimum absolute atomic E-state index is 0. The van der Waals surface area contributed by atoms with Gasteiger partial charge in [-0.15, -0.1) is 0 Å². The molecule has 0 bridgehead atoms. The minimum atomic E-state index is 0. The summed E-state index contributed by atoms with van der Waals surface area (Å²) in [6, 6.07) is 0. The second kappa shape index (κ2) is 20.2. The average Bonchev–Trinajstić information content (AvgIpc) is 0. The van der Waals surface area contributed by atoms with Crippen LogP contribution >= 0.6 is 13.5 Å². The van der Waals surface area contributed by atoms with Crippen LogP contribution in [0.4, 0.5) is 0 Å². The molecule has 0 aromatic heterocycles. The Kier molecular flexibility index (Phi) is 191. The zero-order valence-electron chi connectivity index (χ0n) is 1.75. The third kappa shape index (κ3) is 9.02. The van der Waals surface area contributed by atoms with Gasteiger partial charge in [0.25, 0.3) is 0 Å². The van der Waals surface area contributed by atoms with Crippen molar-refractivity contribution in [2.45, 2.75) is 0 Å². The Balaban J connectivity index is 0. The van der Waals surface area contributed by atoms with Crippen molar-refractivity contribution in [2.24, 2.45) is 0 Å². The first kappa shape index (κ1) is 37.9. The maximum atomic E-state index is 0. The smallest absolute Gasteiger partial charge is 0 e. The Hall–Kier alpha value is 1.97. The van der Waals surface area contributed by atoms with Crippen molar-refractivity contribution >= 4 is 30.6 Å². The van der Waals surface area contributed by atoms with Gasteiger partial charge in [-0.2, -0.15) is 13.5 Å². The van der Waals surface area contributed by atoms with Gasteiger partial charge in [0.2, 0.25) is 0 Å². The van der Waals surface area contributed by atoms with Crippen LogP contribution in [0.1, 0.15) is 0 Å². The molecule has 0 nitrogen and oxygen atoms in total. The fourth-order valence-electron chi connectivity index (χ4n) is 0. The van der Waals surface area contributed by atoms with Crippen LogP contribution in [0.2, 0.25) is 0 Å². The number of hydrogen-bond donors (Lipinski definition) is 0. The predicted molar refractivity (Wildman–Crippen MR) is 18.9 cm³/mol. The zero-order valence-corrected chi connectivity index (χ0v) is 7.19. The molecular weight excluding hydrogens is 226 g/mol. The van der Waals surface area contributed by atoms with Crippen LogP contribution in [-0.2, 0) is 35.6 Å². The van der Waals surface area contributed by atoms with Crippen LogP contribution in [0.5, 0.6) is 0 Å². The van der Waals surface area contributed by atoms with E-state index in [-0.39, 0.29) is 66.2 Å². The maximum Gasteiger partial charge on any atom is 0 e. The van der Waals surface area contributed by atoms with Crippen LogP contribution < -0.4 is 0 Å². The van der Waals surface area contributed by atoms with Crippen LogP contribution in [0.15, 0.2) is 0 Å². The van der Waals surface area contributed by atoms with E-state index in [1.165, 1.54) is 0 Å². The Bertz CT molecular complexity index is 8.00. The molecule has 0 fully saturated rings. The molecule has 0 rings (SSSR count). The molecule has 0 saturated carbocycles. The molecule has 4 heavy (non-hydrogen) atoms. The van der Waals surface area contributed by atoms with Gasteiger partial charge in [-0.1, -0.05) is 0 Å². The number of rotatable bonds is 0. The van der Waals surface area contributed by atoms with Crippen LogP contribution in [0.25, 0.3) is 0 Å². The fourth-order valence-corrected chi connectivity index (χ4v) is 0. The average molecular weight is 230 g/mol. The first-order valence-electron chi connectivity index (χ1n) is 0. The molecule has 32 valence electrons. The first-order chi connectivity index (χ1) is 0. The predicted octanol–water partition coefficient (Wildman–Crippen LogP) is -0.808. The molecule has 0 heterocycles. The van der Waals surface area contributed by atoms with Crippen LogP contribution in [0.3, 0.4) is 0 Å². The van der Waals surface area contributed by atoms with E-state index >= 15 is 0 Å². The quantitative estimate of drug-likeness (QED) is 0.477. The van der Waals surface area contributed by atoms with E-state index in [1.807, 2.05) is 0 Å². The van der Waals surface area contributed by atoms with Crippen molar-refractivity contribution in [1.82, 2.24) is 0 Å². The molecule has 4 heteroatoms. The van der Waals surface area contributed by atoms with Crippen LogP contribution in [0, 0.1) is 0 Å². The van der Waals surface area contributed by atoms with Gasteiger partial charge in [0.05, 0.1) is 0 Å². The van der Waals surface area contributed by atoms with Crippen molar-refractivity contribution in [1.29, 1.82) is 0 Å². The number of hydrogen-bond acceptors (Lipinski definition) is 0. The van der Waals surface area contributed by atoms with Gasteiger partial charge >= 0.3 is 17.1 Å². The van der Waals surface area contributed by atoms with Gasteiger partial charge in [0.1, 0.15) is 0 Å². The Morgan fingerprint density at radius 3 is 1.00 bits per heavy atom. The summed E-state index contributed by atoms with van der Waals surface area (Å²) in [6.45, 7) is 0. The van der Waals surface area contributed by atoms with E-state index in [2.05, 4.69) is 0 Å². The van der Waals surface area contributed by atoms with Gasteiger partial charge in [-0.3, -0.25) is 0 Å². The zero-order chi connectivity index (χ0) is 0. The molecule has 0 aromatic rings. The molecule has 0 atom stereocenters. The fraction of sp³-hybridized carbons (Fsp3) is 0. The van der Waals surface area contributed by atoms with Gasteiger partial charge in [0.15, 0.2) is 0 Å². The van der Waals surface area contributed by atoms with Gasteiger partial charge in [0, 0.05) is 35.6 Å². The summed E-state index contributed by atoms with van der Waals surface area (Å²) in [4.78, 5) is 0. The molecule has 0 aliphatic carbocycles. The molecule has 0 aliphatic heterocycles. The van der Waals surface area contributed by atoms with E-state index in [4.69, 9.17) is 0 Å². The Morgan fingerprint density at radius 1 is 1.00 bits per heavy atom. The largest absolute Gasteiger partial charge is 0 e. The summed E-state index contributed by atoms with van der Waals surface area (Å²) in [5.41, 5.74) is 0. The van der Waals surface area contributed by atoms with E-state index in [1.54, 1.807) is 0 Å². The molecule has 0 spiro atoms. The van der Waals surface area contributed by atoms with Crippen LogP contribution in [-0.4, -0.2) is 17.1 Å². The normalized spacial score (nSPS) is 0. The third-order valence-corrected chi connectivity index (χ3v) is 0. The summed E-state index contributed by atoms with van der Waals surface area (Å²) >= 11 is 0. The van der Waals surface area contributed by atoms with E-state index < -0.39 is 0 Å². The third-order valence-electron chi connectivity index (χ3n) is 0. The van der Waals surface area contributed by atoms with Crippen molar-refractivity contribution in [3.05, 3.63) is 0 Å². The topological polar surface area (TPSA) is 0 Å². The molecule has 0 saturated heterocycles. The van der Waals surface area contributed by atoms with Gasteiger partial charge in [-0.05, 0) is 0 Å². The molecular formula is H4CuSSeV. The first-order valence-corrected chi connectivity index (χ1v) is 0. The summed E-state index contributed by atoms with van der Waals surface area (Å²) in [6.07, 6.45) is 0. The molecule has 0 aliphatic rings. The SMILES string of the molecule is S.[Cu].[SeH2].[V]. The standard InChI is InChI=1S/Cu.H2S.H2Se.V/h;2*1H2;. The molecule has 2 radical (unpaired) electrons. The van der Waals surface area contributed by atoms with Crippen molar-refractivity contribution in [3.63, 3.8) is 0 Å². The maximum absolute atomic E-state index is 0. The minimum Gasteiger partial charge on any atom is 0 e. The molecule has 0 unspecified atom stereocenters.